The zero-order valence-electron chi connectivity index (χ0n) is 19.6. The number of hydrogen-bond acceptors (Lipinski definition) is 5. The zero-order chi connectivity index (χ0) is 23.6. The third-order valence-electron chi connectivity index (χ3n) is 5.81. The van der Waals surface area contributed by atoms with Crippen LogP contribution in [0.15, 0.2) is 48.5 Å². The van der Waals surface area contributed by atoms with E-state index in [0.717, 1.165) is 36.3 Å². The summed E-state index contributed by atoms with van der Waals surface area (Å²) >= 11 is 0. The van der Waals surface area contributed by atoms with Gasteiger partial charge in [-0.05, 0) is 56.5 Å². The van der Waals surface area contributed by atoms with Crippen LogP contribution >= 0.6 is 0 Å². The highest BCUT2D eigenvalue weighted by Gasteiger charge is 2.25. The number of amides is 2. The summed E-state index contributed by atoms with van der Waals surface area (Å²) in [6, 6.07) is 14.9. The Morgan fingerprint density at radius 2 is 1.94 bits per heavy atom. The molecule has 2 atom stereocenters. The Morgan fingerprint density at radius 1 is 1.15 bits per heavy atom. The maximum atomic E-state index is 13.3. The number of benzene rings is 2. The van der Waals surface area contributed by atoms with Gasteiger partial charge in [-0.2, -0.15) is 0 Å². The molecule has 33 heavy (non-hydrogen) atoms. The zero-order valence-corrected chi connectivity index (χ0v) is 19.6. The molecule has 0 spiro atoms. The summed E-state index contributed by atoms with van der Waals surface area (Å²) in [6.45, 7) is 6.63. The fraction of sp³-hybridized carbons (Fsp3) is 0.462. The van der Waals surface area contributed by atoms with Crippen LogP contribution in [0.5, 0.6) is 0 Å². The van der Waals surface area contributed by atoms with Crippen molar-refractivity contribution < 1.29 is 14.7 Å². The van der Waals surface area contributed by atoms with Gasteiger partial charge in [0.2, 0.25) is 5.91 Å². The third kappa shape index (κ3) is 7.04. The maximum Gasteiger partial charge on any atom is 0.251 e. The van der Waals surface area contributed by atoms with Crippen molar-refractivity contribution in [2.75, 3.05) is 36.4 Å². The van der Waals surface area contributed by atoms with Gasteiger partial charge in [0.15, 0.2) is 0 Å². The normalized spacial score (nSPS) is 15.4. The number of hydrogen-bond donors (Lipinski definition) is 4. The van der Waals surface area contributed by atoms with Gasteiger partial charge in [-0.3, -0.25) is 9.59 Å². The average Bonchev–Trinajstić information content (AvgIpc) is 3.25. The summed E-state index contributed by atoms with van der Waals surface area (Å²) < 4.78 is 0. The van der Waals surface area contributed by atoms with Gasteiger partial charge in [-0.1, -0.05) is 37.3 Å². The molecule has 0 aliphatic carbocycles. The molecule has 1 heterocycles. The number of carbonyl (C=O) groups is 2. The summed E-state index contributed by atoms with van der Waals surface area (Å²) in [5.41, 5.74) is 3.03. The molecule has 0 unspecified atom stereocenters. The SMILES string of the molecule is CCCNC[C@@H](O)[C@H](Cc1ccccc1)NC(=O)c1cc(NCC)cc(N2CCCC2=O)c1. The summed E-state index contributed by atoms with van der Waals surface area (Å²) in [4.78, 5) is 27.3. The van der Waals surface area contributed by atoms with E-state index < -0.39 is 12.1 Å². The molecule has 1 saturated heterocycles. The van der Waals surface area contributed by atoms with Crippen LogP contribution in [0.3, 0.4) is 0 Å². The molecule has 2 aromatic carbocycles. The van der Waals surface area contributed by atoms with Crippen LogP contribution in [0.25, 0.3) is 0 Å². The molecular formula is C26H36N4O3. The van der Waals surface area contributed by atoms with Crippen molar-refractivity contribution in [2.24, 2.45) is 0 Å². The minimum absolute atomic E-state index is 0.0781. The Morgan fingerprint density at radius 3 is 2.61 bits per heavy atom. The predicted molar refractivity (Wildman–Crippen MR) is 133 cm³/mol. The highest BCUT2D eigenvalue weighted by molar-refractivity contribution is 6.00. The molecule has 0 saturated carbocycles. The summed E-state index contributed by atoms with van der Waals surface area (Å²) in [6.07, 6.45) is 2.10. The molecule has 7 nitrogen and oxygen atoms in total. The lowest BCUT2D eigenvalue weighted by Crippen LogP contribution is -2.48. The first-order valence-electron chi connectivity index (χ1n) is 11.9. The van der Waals surface area contributed by atoms with Crippen LogP contribution in [0.1, 0.15) is 49.0 Å². The second-order valence-corrected chi connectivity index (χ2v) is 8.49. The van der Waals surface area contributed by atoms with Crippen molar-refractivity contribution in [1.29, 1.82) is 0 Å². The van der Waals surface area contributed by atoms with Crippen molar-refractivity contribution in [3.05, 3.63) is 59.7 Å². The smallest absolute Gasteiger partial charge is 0.251 e. The van der Waals surface area contributed by atoms with Gasteiger partial charge in [0.25, 0.3) is 5.91 Å². The minimum Gasteiger partial charge on any atom is -0.390 e. The van der Waals surface area contributed by atoms with E-state index in [1.807, 2.05) is 43.3 Å². The van der Waals surface area contributed by atoms with Gasteiger partial charge >= 0.3 is 0 Å². The van der Waals surface area contributed by atoms with E-state index in [1.54, 1.807) is 17.0 Å². The summed E-state index contributed by atoms with van der Waals surface area (Å²) in [5, 5.41) is 20.4. The first kappa shape index (κ1) is 24.7. The lowest BCUT2D eigenvalue weighted by molar-refractivity contribution is -0.117. The van der Waals surface area contributed by atoms with Crippen LogP contribution in [-0.4, -0.2) is 55.2 Å². The minimum atomic E-state index is -0.739. The van der Waals surface area contributed by atoms with E-state index in [0.29, 0.717) is 38.0 Å². The molecular weight excluding hydrogens is 416 g/mol. The van der Waals surface area contributed by atoms with Crippen molar-refractivity contribution in [2.45, 2.75) is 51.7 Å². The Hall–Kier alpha value is -2.90. The fourth-order valence-electron chi connectivity index (χ4n) is 4.10. The first-order valence-corrected chi connectivity index (χ1v) is 11.9. The lowest BCUT2D eigenvalue weighted by atomic mass is 10.00. The first-order chi connectivity index (χ1) is 16.0. The number of nitrogens with zero attached hydrogens (tertiary/aromatic N) is 1. The van der Waals surface area contributed by atoms with E-state index in [9.17, 15) is 14.7 Å². The molecule has 0 radical (unpaired) electrons. The topological polar surface area (TPSA) is 93.7 Å². The second kappa shape index (κ2) is 12.4. The van der Waals surface area contributed by atoms with Crippen LogP contribution in [0, 0.1) is 0 Å². The number of carbonyl (C=O) groups excluding carboxylic acids is 2. The quantitative estimate of drug-likeness (QED) is 0.372. The number of nitrogens with one attached hydrogen (secondary N) is 3. The van der Waals surface area contributed by atoms with E-state index >= 15 is 0 Å². The van der Waals surface area contributed by atoms with Gasteiger partial charge in [0.05, 0.1) is 12.1 Å². The Balaban J connectivity index is 1.82. The molecule has 7 heteroatoms. The van der Waals surface area contributed by atoms with Crippen LogP contribution < -0.4 is 20.9 Å². The van der Waals surface area contributed by atoms with Gasteiger partial charge in [-0.15, -0.1) is 0 Å². The van der Waals surface area contributed by atoms with E-state index in [2.05, 4.69) is 22.9 Å². The van der Waals surface area contributed by atoms with Gasteiger partial charge < -0.3 is 26.0 Å². The van der Waals surface area contributed by atoms with Gasteiger partial charge in [-0.25, -0.2) is 0 Å². The lowest BCUT2D eigenvalue weighted by Gasteiger charge is -2.25. The Labute approximate surface area is 196 Å². The van der Waals surface area contributed by atoms with E-state index in [1.165, 1.54) is 0 Å². The number of anilines is 2. The van der Waals surface area contributed by atoms with Crippen LogP contribution in [-0.2, 0) is 11.2 Å². The maximum absolute atomic E-state index is 13.3. The standard InChI is InChI=1S/C26H36N4O3/c1-3-12-27-18-24(31)23(14-19-9-6-5-7-10-19)29-26(33)20-15-21(28-4-2)17-22(16-20)30-13-8-11-25(30)32/h5-7,9-10,15-17,23-24,27-28,31H,3-4,8,11-14,18H2,1-2H3,(H,29,33)/t23-,24+/m0/s1. The van der Waals surface area contributed by atoms with E-state index in [-0.39, 0.29) is 11.8 Å². The number of aliphatic hydroxyl groups is 1. The van der Waals surface area contributed by atoms with Crippen molar-refractivity contribution in [1.82, 2.24) is 10.6 Å². The predicted octanol–water partition coefficient (Wildman–Crippen LogP) is 2.95. The molecule has 2 aromatic rings. The molecule has 0 bridgehead atoms. The molecule has 3 rings (SSSR count). The molecule has 0 aromatic heterocycles. The number of aliphatic hydroxyl groups excluding tert-OH is 1. The molecule has 1 fully saturated rings. The third-order valence-corrected chi connectivity index (χ3v) is 5.81. The molecule has 2 amide bonds. The van der Waals surface area contributed by atoms with Crippen molar-refractivity contribution in [3.63, 3.8) is 0 Å². The molecule has 1 aliphatic heterocycles. The highest BCUT2D eigenvalue weighted by Crippen LogP contribution is 2.26. The molecule has 4 N–H and O–H groups in total. The van der Waals surface area contributed by atoms with Gasteiger partial charge in [0.1, 0.15) is 0 Å². The second-order valence-electron chi connectivity index (χ2n) is 8.49. The van der Waals surface area contributed by atoms with Crippen molar-refractivity contribution >= 4 is 23.2 Å². The number of rotatable bonds is 12. The van der Waals surface area contributed by atoms with E-state index in [4.69, 9.17) is 0 Å². The van der Waals surface area contributed by atoms with Crippen molar-refractivity contribution in [3.8, 4) is 0 Å². The molecule has 1 aliphatic rings. The summed E-state index contributed by atoms with van der Waals surface area (Å²) in [7, 11) is 0. The summed E-state index contributed by atoms with van der Waals surface area (Å²) in [5.74, 6) is -0.187. The van der Waals surface area contributed by atoms with Crippen LogP contribution in [0.2, 0.25) is 0 Å². The van der Waals surface area contributed by atoms with Crippen LogP contribution in [0.4, 0.5) is 11.4 Å². The monoisotopic (exact) mass is 452 g/mol. The highest BCUT2D eigenvalue weighted by atomic mass is 16.3. The Bertz CT molecular complexity index is 919. The largest absolute Gasteiger partial charge is 0.390 e. The fourth-order valence-corrected chi connectivity index (χ4v) is 4.10. The molecule has 178 valence electrons. The van der Waals surface area contributed by atoms with Gasteiger partial charge in [0, 0.05) is 43.0 Å². The Kier molecular flexibility index (Phi) is 9.27. The average molecular weight is 453 g/mol.